The molecule has 2 aliphatic heterocycles. The Bertz CT molecular complexity index is 758. The molecule has 2 saturated heterocycles. The van der Waals surface area contributed by atoms with Crippen LogP contribution in [-0.2, 0) is 14.3 Å². The second kappa shape index (κ2) is 7.37. The van der Waals surface area contributed by atoms with Gasteiger partial charge < -0.3 is 15.4 Å². The number of carbonyl (C=O) groups excluding carboxylic acids is 2. The Morgan fingerprint density at radius 2 is 2.11 bits per heavy atom. The molecule has 1 aromatic carbocycles. The SMILES string of the molecule is C[C@@H]1C[C@@H](C(N)CN2CC(=O)N(c3cc(F)ccc3Cl)CC2(C)C)OC1=O. The van der Waals surface area contributed by atoms with E-state index in [1.165, 1.54) is 23.1 Å². The van der Waals surface area contributed by atoms with Crippen molar-refractivity contribution in [3.05, 3.63) is 29.0 Å². The number of hydrogen-bond acceptors (Lipinski definition) is 5. The van der Waals surface area contributed by atoms with Gasteiger partial charge >= 0.3 is 5.97 Å². The van der Waals surface area contributed by atoms with E-state index in [0.717, 1.165) is 0 Å². The number of piperazine rings is 1. The van der Waals surface area contributed by atoms with Crippen LogP contribution >= 0.6 is 11.6 Å². The first-order chi connectivity index (χ1) is 12.6. The van der Waals surface area contributed by atoms with Crippen molar-refractivity contribution in [2.45, 2.75) is 44.9 Å². The summed E-state index contributed by atoms with van der Waals surface area (Å²) >= 11 is 6.18. The number of ether oxygens (including phenoxy) is 1. The Kier molecular flexibility index (Phi) is 5.47. The Morgan fingerprint density at radius 1 is 1.41 bits per heavy atom. The average molecular weight is 398 g/mol. The van der Waals surface area contributed by atoms with Crippen LogP contribution in [0, 0.1) is 11.7 Å². The van der Waals surface area contributed by atoms with Crippen molar-refractivity contribution in [3.8, 4) is 0 Å². The Labute approximate surface area is 163 Å². The standard InChI is InChI=1S/C19H25ClFN3O3/c1-11-6-16(27-18(11)26)14(22)8-23-9-17(25)24(10-19(23,2)3)15-7-12(21)4-5-13(15)20/h4-5,7,11,14,16H,6,8-10,22H2,1-3H3/t11-,14?,16+/m1/s1. The second-order valence-electron chi connectivity index (χ2n) is 8.04. The molecule has 2 heterocycles. The summed E-state index contributed by atoms with van der Waals surface area (Å²) in [5, 5.41) is 0.331. The van der Waals surface area contributed by atoms with Crippen LogP contribution in [0.25, 0.3) is 0 Å². The van der Waals surface area contributed by atoms with Gasteiger partial charge in [-0.2, -0.15) is 0 Å². The van der Waals surface area contributed by atoms with Gasteiger partial charge in [0, 0.05) is 18.6 Å². The summed E-state index contributed by atoms with van der Waals surface area (Å²) < 4.78 is 19.0. The number of esters is 1. The maximum absolute atomic E-state index is 13.6. The zero-order valence-electron chi connectivity index (χ0n) is 15.7. The van der Waals surface area contributed by atoms with Crippen LogP contribution in [0.1, 0.15) is 27.2 Å². The molecule has 1 amide bonds. The van der Waals surface area contributed by atoms with E-state index in [9.17, 15) is 14.0 Å². The van der Waals surface area contributed by atoms with E-state index < -0.39 is 11.4 Å². The van der Waals surface area contributed by atoms with Crippen LogP contribution in [0.3, 0.4) is 0 Å². The first-order valence-corrected chi connectivity index (χ1v) is 9.43. The third kappa shape index (κ3) is 4.10. The summed E-state index contributed by atoms with van der Waals surface area (Å²) in [6.45, 7) is 6.72. The monoisotopic (exact) mass is 397 g/mol. The van der Waals surface area contributed by atoms with Gasteiger partial charge in [-0.15, -0.1) is 0 Å². The number of hydrogen-bond donors (Lipinski definition) is 1. The first kappa shape index (κ1) is 20.0. The Hall–Kier alpha value is -1.70. The van der Waals surface area contributed by atoms with Gasteiger partial charge in [0.25, 0.3) is 0 Å². The van der Waals surface area contributed by atoms with Crippen LogP contribution in [0.15, 0.2) is 18.2 Å². The number of halogens is 2. The lowest BCUT2D eigenvalue weighted by Crippen LogP contribution is -2.64. The van der Waals surface area contributed by atoms with E-state index in [1.807, 2.05) is 25.7 Å². The number of benzene rings is 1. The molecule has 0 spiro atoms. The summed E-state index contributed by atoms with van der Waals surface area (Å²) in [5.74, 6) is -0.994. The zero-order chi connectivity index (χ0) is 19.9. The fourth-order valence-corrected chi connectivity index (χ4v) is 3.87. The minimum atomic E-state index is -0.443. The Balaban J connectivity index is 1.73. The fraction of sp³-hybridized carbons (Fsp3) is 0.579. The van der Waals surface area contributed by atoms with Crippen molar-refractivity contribution in [3.63, 3.8) is 0 Å². The van der Waals surface area contributed by atoms with Gasteiger partial charge in [-0.1, -0.05) is 18.5 Å². The van der Waals surface area contributed by atoms with Gasteiger partial charge in [-0.05, 0) is 38.5 Å². The van der Waals surface area contributed by atoms with E-state index >= 15 is 0 Å². The number of rotatable bonds is 4. The van der Waals surface area contributed by atoms with Gasteiger partial charge in [0.2, 0.25) is 5.91 Å². The number of anilines is 1. The molecule has 148 valence electrons. The molecule has 2 aliphatic rings. The van der Waals surface area contributed by atoms with Crippen molar-refractivity contribution >= 4 is 29.2 Å². The van der Waals surface area contributed by atoms with Gasteiger partial charge in [0.15, 0.2) is 0 Å². The van der Waals surface area contributed by atoms with Crippen molar-refractivity contribution in [2.24, 2.45) is 11.7 Å². The summed E-state index contributed by atoms with van der Waals surface area (Å²) in [6.07, 6.45) is 0.252. The second-order valence-corrected chi connectivity index (χ2v) is 8.45. The largest absolute Gasteiger partial charge is 0.460 e. The zero-order valence-corrected chi connectivity index (χ0v) is 16.5. The molecule has 27 heavy (non-hydrogen) atoms. The Morgan fingerprint density at radius 3 is 2.74 bits per heavy atom. The summed E-state index contributed by atoms with van der Waals surface area (Å²) in [7, 11) is 0. The van der Waals surface area contributed by atoms with Crippen LogP contribution in [0.4, 0.5) is 10.1 Å². The van der Waals surface area contributed by atoms with E-state index in [1.54, 1.807) is 0 Å². The lowest BCUT2D eigenvalue weighted by molar-refractivity contribution is -0.145. The van der Waals surface area contributed by atoms with Crippen molar-refractivity contribution in [1.82, 2.24) is 4.90 Å². The molecule has 1 unspecified atom stereocenters. The molecule has 3 rings (SSSR count). The molecule has 0 radical (unpaired) electrons. The van der Waals surface area contributed by atoms with Crippen LogP contribution in [0.2, 0.25) is 5.02 Å². The smallest absolute Gasteiger partial charge is 0.309 e. The summed E-state index contributed by atoms with van der Waals surface area (Å²) in [6, 6.07) is 3.61. The van der Waals surface area contributed by atoms with E-state index in [2.05, 4.69) is 0 Å². The predicted molar refractivity (Wildman–Crippen MR) is 101 cm³/mol. The molecule has 0 saturated carbocycles. The molecular formula is C19H25ClFN3O3. The molecule has 3 atom stereocenters. The molecule has 0 aliphatic carbocycles. The highest BCUT2D eigenvalue weighted by atomic mass is 35.5. The average Bonchev–Trinajstić information content (AvgIpc) is 2.92. The van der Waals surface area contributed by atoms with Crippen LogP contribution in [0.5, 0.6) is 0 Å². The number of carbonyl (C=O) groups is 2. The van der Waals surface area contributed by atoms with E-state index in [-0.39, 0.29) is 36.5 Å². The highest BCUT2D eigenvalue weighted by Gasteiger charge is 2.42. The van der Waals surface area contributed by atoms with Crippen molar-refractivity contribution in [1.29, 1.82) is 0 Å². The maximum Gasteiger partial charge on any atom is 0.309 e. The number of cyclic esters (lactones) is 1. The molecular weight excluding hydrogens is 373 g/mol. The summed E-state index contributed by atoms with van der Waals surface area (Å²) in [4.78, 5) is 27.9. The van der Waals surface area contributed by atoms with Gasteiger partial charge in [0.05, 0.1) is 29.2 Å². The van der Waals surface area contributed by atoms with E-state index in [0.29, 0.717) is 30.2 Å². The molecule has 1 aromatic rings. The van der Waals surface area contributed by atoms with Crippen molar-refractivity contribution in [2.75, 3.05) is 24.5 Å². The molecule has 2 fully saturated rings. The first-order valence-electron chi connectivity index (χ1n) is 9.05. The normalized spacial score (nSPS) is 27.0. The number of nitrogens with two attached hydrogens (primary N) is 1. The van der Waals surface area contributed by atoms with Gasteiger partial charge in [-0.3, -0.25) is 14.5 Å². The third-order valence-electron chi connectivity index (χ3n) is 5.39. The van der Waals surface area contributed by atoms with Gasteiger partial charge in [0.1, 0.15) is 11.9 Å². The van der Waals surface area contributed by atoms with E-state index in [4.69, 9.17) is 22.1 Å². The van der Waals surface area contributed by atoms with Gasteiger partial charge in [-0.25, -0.2) is 4.39 Å². The third-order valence-corrected chi connectivity index (χ3v) is 5.71. The lowest BCUT2D eigenvalue weighted by atomic mass is 9.95. The molecule has 0 aromatic heterocycles. The predicted octanol–water partition coefficient (Wildman–Crippen LogP) is 2.19. The topological polar surface area (TPSA) is 75.9 Å². The minimum Gasteiger partial charge on any atom is -0.460 e. The highest BCUT2D eigenvalue weighted by molar-refractivity contribution is 6.33. The lowest BCUT2D eigenvalue weighted by Gasteiger charge is -2.47. The minimum absolute atomic E-state index is 0.129. The molecule has 2 N–H and O–H groups in total. The molecule has 8 heteroatoms. The van der Waals surface area contributed by atoms with Crippen LogP contribution in [-0.4, -0.2) is 54.1 Å². The van der Waals surface area contributed by atoms with Crippen molar-refractivity contribution < 1.29 is 18.7 Å². The highest BCUT2D eigenvalue weighted by Crippen LogP contribution is 2.32. The fourth-order valence-electron chi connectivity index (χ4n) is 3.65. The maximum atomic E-state index is 13.6. The van der Waals surface area contributed by atoms with Crippen LogP contribution < -0.4 is 10.6 Å². The summed E-state index contributed by atoms with van der Waals surface area (Å²) in [5.41, 5.74) is 6.24. The molecule has 6 nitrogen and oxygen atoms in total. The number of amides is 1. The quantitative estimate of drug-likeness (QED) is 0.788. The molecule has 0 bridgehead atoms. The number of nitrogens with zero attached hydrogens (tertiary/aromatic N) is 2.